The number of nitrogens with one attached hydrogen (secondary N) is 1. The van der Waals surface area contributed by atoms with Gasteiger partial charge < -0.3 is 9.47 Å². The van der Waals surface area contributed by atoms with E-state index in [2.05, 4.69) is 26.5 Å². The molecule has 30 heavy (non-hydrogen) atoms. The fraction of sp³-hybridized carbons (Fsp3) is 0.0455. The second kappa shape index (κ2) is 10.6. The number of carbonyl (C=O) groups is 2. The molecule has 0 heterocycles. The zero-order chi connectivity index (χ0) is 21.3. The number of rotatable bonds is 7. The highest BCUT2D eigenvalue weighted by molar-refractivity contribution is 9.10. The summed E-state index contributed by atoms with van der Waals surface area (Å²) in [6.07, 6.45) is 1.38. The fourth-order valence-electron chi connectivity index (χ4n) is 2.37. The molecule has 0 radical (unpaired) electrons. The zero-order valence-electron chi connectivity index (χ0n) is 15.5. The van der Waals surface area contributed by atoms with Gasteiger partial charge in [-0.15, -0.1) is 0 Å². The van der Waals surface area contributed by atoms with E-state index in [4.69, 9.17) is 21.1 Å². The van der Waals surface area contributed by atoms with Gasteiger partial charge in [0.25, 0.3) is 5.91 Å². The lowest BCUT2D eigenvalue weighted by molar-refractivity contribution is -0.123. The maximum Gasteiger partial charge on any atom is 0.345 e. The van der Waals surface area contributed by atoms with E-state index in [9.17, 15) is 9.59 Å². The summed E-state index contributed by atoms with van der Waals surface area (Å²) >= 11 is 9.41. The minimum Gasteiger partial charge on any atom is -0.484 e. The highest BCUT2D eigenvalue weighted by Gasteiger charge is 2.14. The lowest BCUT2D eigenvalue weighted by Crippen LogP contribution is -2.24. The van der Waals surface area contributed by atoms with Crippen LogP contribution in [0.4, 0.5) is 0 Å². The number of hydrogen-bond donors (Lipinski definition) is 1. The average Bonchev–Trinajstić information content (AvgIpc) is 2.75. The molecule has 0 unspecified atom stereocenters. The van der Waals surface area contributed by atoms with E-state index < -0.39 is 11.9 Å². The van der Waals surface area contributed by atoms with Gasteiger partial charge in [-0.05, 0) is 42.5 Å². The molecular formula is C22H16BrClN2O4. The minimum atomic E-state index is -0.599. The van der Waals surface area contributed by atoms with Gasteiger partial charge in [-0.3, -0.25) is 4.79 Å². The Morgan fingerprint density at radius 1 is 1.03 bits per heavy atom. The molecule has 6 nitrogen and oxygen atoms in total. The van der Waals surface area contributed by atoms with Crippen LogP contribution in [0.5, 0.6) is 11.5 Å². The summed E-state index contributed by atoms with van der Waals surface area (Å²) in [5.41, 5.74) is 3.10. The van der Waals surface area contributed by atoms with E-state index in [1.54, 1.807) is 54.6 Å². The molecule has 0 saturated heterocycles. The number of hydrogen-bond acceptors (Lipinski definition) is 5. The normalized spacial score (nSPS) is 10.6. The monoisotopic (exact) mass is 486 g/mol. The second-order valence-corrected chi connectivity index (χ2v) is 7.27. The van der Waals surface area contributed by atoms with Gasteiger partial charge in [0.2, 0.25) is 0 Å². The van der Waals surface area contributed by atoms with E-state index >= 15 is 0 Å². The molecule has 0 aliphatic rings. The number of esters is 1. The molecule has 0 fully saturated rings. The first-order valence-corrected chi connectivity index (χ1v) is 9.96. The fourth-order valence-corrected chi connectivity index (χ4v) is 2.96. The van der Waals surface area contributed by atoms with E-state index in [1.807, 2.05) is 18.2 Å². The molecule has 0 saturated carbocycles. The van der Waals surface area contributed by atoms with E-state index in [1.165, 1.54) is 6.21 Å². The summed E-state index contributed by atoms with van der Waals surface area (Å²) in [4.78, 5) is 24.3. The minimum absolute atomic E-state index is 0.186. The predicted molar refractivity (Wildman–Crippen MR) is 118 cm³/mol. The molecule has 0 spiro atoms. The molecular weight excluding hydrogens is 472 g/mol. The van der Waals surface area contributed by atoms with E-state index in [0.717, 1.165) is 4.47 Å². The van der Waals surface area contributed by atoms with Crippen LogP contribution in [0.15, 0.2) is 82.4 Å². The third-order valence-electron chi connectivity index (χ3n) is 3.77. The van der Waals surface area contributed by atoms with E-state index in [0.29, 0.717) is 16.3 Å². The van der Waals surface area contributed by atoms with Gasteiger partial charge in [-0.1, -0.05) is 57.9 Å². The molecule has 152 valence electrons. The van der Waals surface area contributed by atoms with Crippen LogP contribution < -0.4 is 14.9 Å². The topological polar surface area (TPSA) is 77.0 Å². The van der Waals surface area contributed by atoms with Crippen LogP contribution in [0, 0.1) is 0 Å². The maximum atomic E-state index is 12.4. The predicted octanol–water partition coefficient (Wildman–Crippen LogP) is 4.85. The van der Waals surface area contributed by atoms with Crippen molar-refractivity contribution in [3.05, 3.63) is 93.4 Å². The third-order valence-corrected chi connectivity index (χ3v) is 4.60. The third kappa shape index (κ3) is 6.17. The number of carbonyl (C=O) groups excluding carboxylic acids is 2. The largest absolute Gasteiger partial charge is 0.484 e. The Labute approximate surface area is 186 Å². The molecule has 0 aromatic heterocycles. The van der Waals surface area contributed by atoms with Crippen LogP contribution in [0.3, 0.4) is 0 Å². The lowest BCUT2D eigenvalue weighted by atomic mass is 10.2. The highest BCUT2D eigenvalue weighted by Crippen LogP contribution is 2.24. The van der Waals surface area contributed by atoms with Crippen molar-refractivity contribution >= 4 is 45.6 Å². The van der Waals surface area contributed by atoms with Gasteiger partial charge in [0, 0.05) is 10.0 Å². The lowest BCUT2D eigenvalue weighted by Gasteiger charge is -2.09. The Hall–Kier alpha value is -3.16. The van der Waals surface area contributed by atoms with Gasteiger partial charge in [-0.2, -0.15) is 5.10 Å². The molecule has 0 aliphatic carbocycles. The van der Waals surface area contributed by atoms with Crippen molar-refractivity contribution in [3.8, 4) is 11.5 Å². The molecule has 3 aromatic carbocycles. The average molecular weight is 488 g/mol. The Morgan fingerprint density at radius 3 is 2.53 bits per heavy atom. The summed E-state index contributed by atoms with van der Waals surface area (Å²) in [6, 6.07) is 20.6. The first-order chi connectivity index (χ1) is 14.5. The summed E-state index contributed by atoms with van der Waals surface area (Å²) in [7, 11) is 0. The summed E-state index contributed by atoms with van der Waals surface area (Å²) in [6.45, 7) is -0.186. The summed E-state index contributed by atoms with van der Waals surface area (Å²) in [5.74, 6) is -0.184. The summed E-state index contributed by atoms with van der Waals surface area (Å²) < 4.78 is 11.6. The molecule has 0 aliphatic heterocycles. The molecule has 3 aromatic rings. The first-order valence-electron chi connectivity index (χ1n) is 8.79. The quantitative estimate of drug-likeness (QED) is 0.224. The molecule has 0 bridgehead atoms. The SMILES string of the molecule is O=C(COc1ccccc1)N/N=C/c1cc(Br)ccc1OC(=O)c1ccccc1Cl. The number of hydrazone groups is 1. The number of benzene rings is 3. The molecule has 1 N–H and O–H groups in total. The number of para-hydroxylation sites is 1. The van der Waals surface area contributed by atoms with Crippen molar-refractivity contribution < 1.29 is 19.1 Å². The highest BCUT2D eigenvalue weighted by atomic mass is 79.9. The van der Waals surface area contributed by atoms with Crippen LogP contribution in [0.1, 0.15) is 15.9 Å². The van der Waals surface area contributed by atoms with Gasteiger partial charge >= 0.3 is 5.97 Å². The van der Waals surface area contributed by atoms with Crippen LogP contribution >= 0.6 is 27.5 Å². The van der Waals surface area contributed by atoms with Gasteiger partial charge in [0.05, 0.1) is 16.8 Å². The molecule has 1 amide bonds. The van der Waals surface area contributed by atoms with Crippen molar-refractivity contribution in [2.24, 2.45) is 5.10 Å². The van der Waals surface area contributed by atoms with Gasteiger partial charge in [-0.25, -0.2) is 10.2 Å². The van der Waals surface area contributed by atoms with Crippen molar-refractivity contribution in [1.82, 2.24) is 5.43 Å². The maximum absolute atomic E-state index is 12.4. The number of halogens is 2. The van der Waals surface area contributed by atoms with Gasteiger partial charge in [0.15, 0.2) is 6.61 Å². The first kappa shape index (κ1) is 21.5. The Kier molecular flexibility index (Phi) is 7.59. The standard InChI is InChI=1S/C22H16BrClN2O4/c23-16-10-11-20(30-22(28)18-8-4-5-9-19(18)24)15(12-16)13-25-26-21(27)14-29-17-6-2-1-3-7-17/h1-13H,14H2,(H,26,27)/b25-13+. The zero-order valence-corrected chi connectivity index (χ0v) is 17.9. The van der Waals surface area contributed by atoms with Gasteiger partial charge in [0.1, 0.15) is 11.5 Å². The molecule has 8 heteroatoms. The van der Waals surface area contributed by atoms with Crippen LogP contribution in [0.25, 0.3) is 0 Å². The summed E-state index contributed by atoms with van der Waals surface area (Å²) in [5, 5.41) is 4.20. The van der Waals surface area contributed by atoms with Crippen molar-refractivity contribution in [2.75, 3.05) is 6.61 Å². The Bertz CT molecular complexity index is 1070. The Balaban J connectivity index is 1.64. The Morgan fingerprint density at radius 2 is 1.77 bits per heavy atom. The van der Waals surface area contributed by atoms with Crippen molar-refractivity contribution in [3.63, 3.8) is 0 Å². The van der Waals surface area contributed by atoms with Crippen LogP contribution in [-0.2, 0) is 4.79 Å². The van der Waals surface area contributed by atoms with E-state index in [-0.39, 0.29) is 17.9 Å². The second-order valence-electron chi connectivity index (χ2n) is 5.95. The molecule has 3 rings (SSSR count). The molecule has 0 atom stereocenters. The number of nitrogens with zero attached hydrogens (tertiary/aromatic N) is 1. The number of ether oxygens (including phenoxy) is 2. The van der Waals surface area contributed by atoms with Crippen LogP contribution in [0.2, 0.25) is 5.02 Å². The smallest absolute Gasteiger partial charge is 0.345 e. The van der Waals surface area contributed by atoms with Crippen molar-refractivity contribution in [1.29, 1.82) is 0 Å². The number of amides is 1. The van der Waals surface area contributed by atoms with Crippen LogP contribution in [-0.4, -0.2) is 24.7 Å². The van der Waals surface area contributed by atoms with Crippen molar-refractivity contribution in [2.45, 2.75) is 0 Å².